The summed E-state index contributed by atoms with van der Waals surface area (Å²) in [5.74, 6) is 0. The number of fused-ring (bicyclic) bond motifs is 1. The summed E-state index contributed by atoms with van der Waals surface area (Å²) in [7, 11) is 0. The van der Waals surface area contributed by atoms with E-state index in [2.05, 4.69) is 10.1 Å². The van der Waals surface area contributed by atoms with Crippen LogP contribution in [0.5, 0.6) is 0 Å². The second-order valence-electron chi connectivity index (χ2n) is 3.67. The van der Waals surface area contributed by atoms with E-state index in [4.69, 9.17) is 34.8 Å². The van der Waals surface area contributed by atoms with Crippen molar-refractivity contribution in [1.82, 2.24) is 14.6 Å². The molecule has 0 atom stereocenters. The third kappa shape index (κ3) is 2.75. The summed E-state index contributed by atoms with van der Waals surface area (Å²) < 4.78 is 1.55. The van der Waals surface area contributed by atoms with Gasteiger partial charge in [0.15, 0.2) is 5.65 Å². The summed E-state index contributed by atoms with van der Waals surface area (Å²) in [6.07, 6.45) is 1.64. The third-order valence-electron chi connectivity index (χ3n) is 2.54. The standard InChI is InChI=1S/C12H6Cl3N3.C2H6/c13-8-3-1-2-7(12(8)15)9-6-10(14)18-11(17-9)4-5-16-18;1-2/h1-6H;1-2H3. The van der Waals surface area contributed by atoms with E-state index in [0.29, 0.717) is 26.5 Å². The molecule has 6 heteroatoms. The lowest BCUT2D eigenvalue weighted by Crippen LogP contribution is -1.94. The summed E-state index contributed by atoms with van der Waals surface area (Å²) in [6.45, 7) is 4.00. The zero-order valence-electron chi connectivity index (χ0n) is 10.9. The van der Waals surface area contributed by atoms with Crippen molar-refractivity contribution in [3.8, 4) is 11.3 Å². The van der Waals surface area contributed by atoms with Crippen molar-refractivity contribution in [2.75, 3.05) is 0 Å². The first kappa shape index (κ1) is 15.1. The van der Waals surface area contributed by atoms with E-state index in [-0.39, 0.29) is 0 Å². The van der Waals surface area contributed by atoms with Crippen LogP contribution in [0.15, 0.2) is 36.5 Å². The number of hydrogen-bond donors (Lipinski definition) is 0. The normalized spacial score (nSPS) is 10.2. The molecule has 20 heavy (non-hydrogen) atoms. The number of benzene rings is 1. The van der Waals surface area contributed by atoms with Crippen LogP contribution in [0.4, 0.5) is 0 Å². The van der Waals surface area contributed by atoms with Gasteiger partial charge in [0, 0.05) is 17.7 Å². The summed E-state index contributed by atoms with van der Waals surface area (Å²) in [5, 5.41) is 5.48. The molecule has 0 saturated carbocycles. The predicted octanol–water partition coefficient (Wildman–Crippen LogP) is 5.38. The molecule has 0 unspecified atom stereocenters. The predicted molar refractivity (Wildman–Crippen MR) is 84.8 cm³/mol. The maximum Gasteiger partial charge on any atom is 0.157 e. The van der Waals surface area contributed by atoms with Gasteiger partial charge in [-0.25, -0.2) is 9.50 Å². The zero-order chi connectivity index (χ0) is 14.7. The molecule has 0 aliphatic rings. The Balaban J connectivity index is 0.000000704. The van der Waals surface area contributed by atoms with Crippen LogP contribution in [0.1, 0.15) is 13.8 Å². The van der Waals surface area contributed by atoms with Gasteiger partial charge in [0.2, 0.25) is 0 Å². The summed E-state index contributed by atoms with van der Waals surface area (Å²) >= 11 is 18.3. The second kappa shape index (κ2) is 6.44. The highest BCUT2D eigenvalue weighted by Gasteiger charge is 2.11. The van der Waals surface area contributed by atoms with Crippen LogP contribution < -0.4 is 0 Å². The lowest BCUT2D eigenvalue weighted by Gasteiger charge is -2.06. The van der Waals surface area contributed by atoms with Crippen molar-refractivity contribution in [2.45, 2.75) is 13.8 Å². The lowest BCUT2D eigenvalue weighted by atomic mass is 10.1. The monoisotopic (exact) mass is 327 g/mol. The maximum atomic E-state index is 6.17. The smallest absolute Gasteiger partial charge is 0.157 e. The van der Waals surface area contributed by atoms with E-state index in [9.17, 15) is 0 Å². The molecule has 0 saturated heterocycles. The van der Waals surface area contributed by atoms with E-state index in [1.165, 1.54) is 0 Å². The van der Waals surface area contributed by atoms with E-state index >= 15 is 0 Å². The molecule has 0 aliphatic heterocycles. The fourth-order valence-electron chi connectivity index (χ4n) is 1.71. The van der Waals surface area contributed by atoms with Crippen molar-refractivity contribution >= 4 is 40.4 Å². The molecule has 0 aliphatic carbocycles. The van der Waals surface area contributed by atoms with E-state index in [1.807, 2.05) is 26.0 Å². The fourth-order valence-corrected chi connectivity index (χ4v) is 2.35. The Morgan fingerprint density at radius 1 is 1.05 bits per heavy atom. The first-order valence-corrected chi connectivity index (χ1v) is 7.25. The summed E-state index contributed by atoms with van der Waals surface area (Å²) in [5.41, 5.74) is 2.07. The Kier molecular flexibility index (Phi) is 4.86. The van der Waals surface area contributed by atoms with Crippen LogP contribution in [0.3, 0.4) is 0 Å². The molecule has 3 nitrogen and oxygen atoms in total. The Hall–Kier alpha value is -1.29. The van der Waals surface area contributed by atoms with Gasteiger partial charge in [0.25, 0.3) is 0 Å². The van der Waals surface area contributed by atoms with Gasteiger partial charge in [0.05, 0.1) is 21.9 Å². The molecule has 104 valence electrons. The van der Waals surface area contributed by atoms with E-state index in [1.54, 1.807) is 28.9 Å². The molecule has 0 fully saturated rings. The van der Waals surface area contributed by atoms with Crippen molar-refractivity contribution in [3.05, 3.63) is 51.7 Å². The van der Waals surface area contributed by atoms with Gasteiger partial charge in [-0.05, 0) is 6.07 Å². The van der Waals surface area contributed by atoms with Gasteiger partial charge >= 0.3 is 0 Å². The minimum absolute atomic E-state index is 0.464. The largest absolute Gasteiger partial charge is 0.228 e. The Bertz CT molecular complexity index is 738. The maximum absolute atomic E-state index is 6.17. The van der Waals surface area contributed by atoms with Crippen LogP contribution >= 0.6 is 34.8 Å². The Labute approximate surface area is 132 Å². The number of rotatable bonds is 1. The van der Waals surface area contributed by atoms with Gasteiger partial charge in [0.1, 0.15) is 5.15 Å². The Morgan fingerprint density at radius 2 is 1.80 bits per heavy atom. The van der Waals surface area contributed by atoms with Crippen LogP contribution in [0, 0.1) is 0 Å². The molecule has 1 aromatic carbocycles. The van der Waals surface area contributed by atoms with Crippen molar-refractivity contribution in [3.63, 3.8) is 0 Å². The Morgan fingerprint density at radius 3 is 2.55 bits per heavy atom. The zero-order valence-corrected chi connectivity index (χ0v) is 13.2. The number of nitrogens with zero attached hydrogens (tertiary/aromatic N) is 3. The quantitative estimate of drug-likeness (QED) is 0.561. The van der Waals surface area contributed by atoms with Crippen LogP contribution in [0.25, 0.3) is 16.9 Å². The molecular formula is C14H12Cl3N3. The second-order valence-corrected chi connectivity index (χ2v) is 4.84. The molecule has 0 bridgehead atoms. The van der Waals surface area contributed by atoms with Crippen molar-refractivity contribution < 1.29 is 0 Å². The molecule has 3 rings (SSSR count). The minimum Gasteiger partial charge on any atom is -0.228 e. The molecular weight excluding hydrogens is 317 g/mol. The van der Waals surface area contributed by atoms with Gasteiger partial charge < -0.3 is 0 Å². The van der Waals surface area contributed by atoms with E-state index in [0.717, 1.165) is 5.56 Å². The molecule has 0 radical (unpaired) electrons. The molecule has 0 spiro atoms. The topological polar surface area (TPSA) is 30.2 Å². The van der Waals surface area contributed by atoms with Crippen LogP contribution in [0.2, 0.25) is 15.2 Å². The number of hydrogen-bond acceptors (Lipinski definition) is 2. The van der Waals surface area contributed by atoms with Gasteiger partial charge in [-0.2, -0.15) is 5.10 Å². The fraction of sp³-hybridized carbons (Fsp3) is 0.143. The van der Waals surface area contributed by atoms with Crippen molar-refractivity contribution in [2.24, 2.45) is 0 Å². The van der Waals surface area contributed by atoms with E-state index < -0.39 is 0 Å². The first-order chi connectivity index (χ1) is 9.66. The van der Waals surface area contributed by atoms with Crippen LogP contribution in [-0.4, -0.2) is 14.6 Å². The highest BCUT2D eigenvalue weighted by Crippen LogP contribution is 2.33. The van der Waals surface area contributed by atoms with Gasteiger partial charge in [-0.3, -0.25) is 0 Å². The minimum atomic E-state index is 0.464. The lowest BCUT2D eigenvalue weighted by molar-refractivity contribution is 0.942. The molecule has 0 N–H and O–H groups in total. The highest BCUT2D eigenvalue weighted by molar-refractivity contribution is 6.43. The molecule has 3 aromatic rings. The molecule has 0 amide bonds. The summed E-state index contributed by atoms with van der Waals surface area (Å²) in [4.78, 5) is 4.44. The third-order valence-corrected chi connectivity index (χ3v) is 3.63. The number of aromatic nitrogens is 3. The SMILES string of the molecule is CC.Clc1cccc(-c2cc(Cl)n3nccc3n2)c1Cl. The van der Waals surface area contributed by atoms with Crippen molar-refractivity contribution in [1.29, 1.82) is 0 Å². The van der Waals surface area contributed by atoms with Gasteiger partial charge in [-0.15, -0.1) is 0 Å². The first-order valence-electron chi connectivity index (χ1n) is 6.11. The molecule has 2 aromatic heterocycles. The average Bonchev–Trinajstić information content (AvgIpc) is 2.93. The molecule has 2 heterocycles. The average molecular weight is 329 g/mol. The van der Waals surface area contributed by atoms with Crippen LogP contribution in [-0.2, 0) is 0 Å². The number of halogens is 3. The highest BCUT2D eigenvalue weighted by atomic mass is 35.5. The summed E-state index contributed by atoms with van der Waals surface area (Å²) in [6, 6.07) is 8.87. The van der Waals surface area contributed by atoms with Gasteiger partial charge in [-0.1, -0.05) is 60.8 Å².